The highest BCUT2D eigenvalue weighted by Gasteiger charge is 2.15. The molecule has 1 N–H and O–H groups in total. The fourth-order valence-corrected chi connectivity index (χ4v) is 3.77. The molecule has 0 aliphatic rings. The van der Waals surface area contributed by atoms with E-state index in [0.29, 0.717) is 12.2 Å². The highest BCUT2D eigenvalue weighted by Crippen LogP contribution is 2.32. The van der Waals surface area contributed by atoms with Gasteiger partial charge < -0.3 is 10.1 Å². The van der Waals surface area contributed by atoms with Gasteiger partial charge in [0.2, 0.25) is 0 Å². The number of nitrogens with one attached hydrogen (secondary N) is 1. The first-order chi connectivity index (χ1) is 13.0. The third kappa shape index (κ3) is 4.62. The van der Waals surface area contributed by atoms with Crippen molar-refractivity contribution in [2.45, 2.75) is 26.8 Å². The van der Waals surface area contributed by atoms with Gasteiger partial charge in [0.1, 0.15) is 0 Å². The molecular formula is C22H24N2O2S. The molecule has 1 unspecified atom stereocenters. The number of carbonyl (C=O) groups excluding carboxylic acids is 1. The van der Waals surface area contributed by atoms with Crippen molar-refractivity contribution < 1.29 is 9.53 Å². The van der Waals surface area contributed by atoms with Gasteiger partial charge in [-0.1, -0.05) is 29.8 Å². The maximum absolute atomic E-state index is 12.8. The molecule has 1 amide bonds. The molecule has 0 spiro atoms. The molecule has 3 aromatic rings. The number of methoxy groups -OCH3 is 1. The molecule has 1 atom stereocenters. The third-order valence-corrected chi connectivity index (χ3v) is 5.36. The van der Waals surface area contributed by atoms with Gasteiger partial charge in [-0.25, -0.2) is 4.98 Å². The van der Waals surface area contributed by atoms with Gasteiger partial charge in [-0.15, -0.1) is 11.3 Å². The quantitative estimate of drug-likeness (QED) is 0.664. The summed E-state index contributed by atoms with van der Waals surface area (Å²) >= 11 is 1.59. The van der Waals surface area contributed by atoms with Crippen molar-refractivity contribution in [3.05, 3.63) is 64.8 Å². The number of rotatable bonds is 6. The Hall–Kier alpha value is -2.50. The van der Waals surface area contributed by atoms with Crippen LogP contribution in [0.5, 0.6) is 0 Å². The van der Waals surface area contributed by atoms with E-state index in [1.165, 1.54) is 5.56 Å². The molecule has 1 heterocycles. The number of ether oxygens (including phenoxy) is 1. The maximum atomic E-state index is 12.8. The van der Waals surface area contributed by atoms with Crippen LogP contribution >= 0.6 is 11.3 Å². The van der Waals surface area contributed by atoms with Gasteiger partial charge >= 0.3 is 0 Å². The second-order valence-electron chi connectivity index (χ2n) is 6.76. The summed E-state index contributed by atoms with van der Waals surface area (Å²) in [6, 6.07) is 14.3. The monoisotopic (exact) mass is 380 g/mol. The first-order valence-corrected chi connectivity index (χ1v) is 9.78. The van der Waals surface area contributed by atoms with Crippen LogP contribution in [-0.2, 0) is 4.74 Å². The number of hydrogen-bond acceptors (Lipinski definition) is 4. The number of benzene rings is 2. The highest BCUT2D eigenvalue weighted by molar-refractivity contribution is 7.13. The van der Waals surface area contributed by atoms with E-state index in [2.05, 4.69) is 47.6 Å². The Bertz CT molecular complexity index is 932. The van der Waals surface area contributed by atoms with Gasteiger partial charge in [-0.05, 0) is 55.7 Å². The summed E-state index contributed by atoms with van der Waals surface area (Å²) in [6.45, 7) is 6.46. The van der Waals surface area contributed by atoms with Crippen molar-refractivity contribution in [1.82, 2.24) is 10.3 Å². The molecule has 0 aliphatic heterocycles. The number of aryl methyl sites for hydroxylation is 2. The zero-order chi connectivity index (χ0) is 19.4. The van der Waals surface area contributed by atoms with Crippen LogP contribution < -0.4 is 5.32 Å². The van der Waals surface area contributed by atoms with E-state index in [-0.39, 0.29) is 11.9 Å². The summed E-state index contributed by atoms with van der Waals surface area (Å²) in [5.74, 6) is -0.100. The van der Waals surface area contributed by atoms with Crippen LogP contribution in [-0.4, -0.2) is 30.6 Å². The summed E-state index contributed by atoms with van der Waals surface area (Å²) in [6.07, 6.45) is 0. The van der Waals surface area contributed by atoms with Crippen molar-refractivity contribution in [2.24, 2.45) is 0 Å². The van der Waals surface area contributed by atoms with Crippen LogP contribution in [0.1, 0.15) is 28.5 Å². The molecule has 1 aromatic heterocycles. The lowest BCUT2D eigenvalue weighted by atomic mass is 9.97. The Morgan fingerprint density at radius 3 is 2.44 bits per heavy atom. The van der Waals surface area contributed by atoms with Crippen LogP contribution in [0.15, 0.2) is 48.0 Å². The molecule has 0 fully saturated rings. The second kappa shape index (κ2) is 8.46. The lowest BCUT2D eigenvalue weighted by Crippen LogP contribution is -2.35. The number of amides is 1. The van der Waals surface area contributed by atoms with Crippen molar-refractivity contribution in [2.75, 3.05) is 13.7 Å². The summed E-state index contributed by atoms with van der Waals surface area (Å²) in [4.78, 5) is 18.2. The molecule has 0 aliphatic carbocycles. The fraction of sp³-hybridized carbons (Fsp3) is 0.273. The van der Waals surface area contributed by atoms with Gasteiger partial charge in [0.15, 0.2) is 0 Å². The van der Waals surface area contributed by atoms with E-state index in [4.69, 9.17) is 4.74 Å². The molecule has 27 heavy (non-hydrogen) atoms. The maximum Gasteiger partial charge on any atom is 0.251 e. The average molecular weight is 381 g/mol. The minimum atomic E-state index is -0.100. The summed E-state index contributed by atoms with van der Waals surface area (Å²) in [5.41, 5.74) is 7.77. The largest absolute Gasteiger partial charge is 0.383 e. The van der Waals surface area contributed by atoms with Gasteiger partial charge in [0.05, 0.1) is 22.7 Å². The molecule has 0 saturated carbocycles. The van der Waals surface area contributed by atoms with E-state index >= 15 is 0 Å². The molecule has 0 bridgehead atoms. The Labute approximate surface area is 164 Å². The van der Waals surface area contributed by atoms with Crippen molar-refractivity contribution in [3.8, 4) is 21.6 Å². The average Bonchev–Trinajstić information content (AvgIpc) is 3.08. The van der Waals surface area contributed by atoms with Crippen LogP contribution in [0.25, 0.3) is 21.6 Å². The fourth-order valence-electron chi connectivity index (χ4n) is 2.98. The van der Waals surface area contributed by atoms with Crippen molar-refractivity contribution >= 4 is 17.2 Å². The number of thiazole rings is 1. The Kier molecular flexibility index (Phi) is 6.04. The third-order valence-electron chi connectivity index (χ3n) is 4.38. The standard InChI is InChI=1S/C22H24N2O2S/c1-14-5-7-17(8-6-14)18-9-19(21-16(3)23-13-27-21)11-20(10-18)22(25)24-15(2)12-26-4/h5-11,13,15H,12H2,1-4H3,(H,24,25). The minimum Gasteiger partial charge on any atom is -0.383 e. The van der Waals surface area contributed by atoms with Crippen LogP contribution in [0.3, 0.4) is 0 Å². The molecular weight excluding hydrogens is 356 g/mol. The normalized spacial score (nSPS) is 12.0. The minimum absolute atomic E-state index is 0.0564. The summed E-state index contributed by atoms with van der Waals surface area (Å²) in [5, 5.41) is 3.00. The zero-order valence-corrected chi connectivity index (χ0v) is 16.9. The number of carbonyl (C=O) groups is 1. The van der Waals surface area contributed by atoms with Crippen LogP contribution in [0, 0.1) is 13.8 Å². The summed E-state index contributed by atoms with van der Waals surface area (Å²) < 4.78 is 5.12. The van der Waals surface area contributed by atoms with E-state index in [0.717, 1.165) is 27.3 Å². The highest BCUT2D eigenvalue weighted by atomic mass is 32.1. The zero-order valence-electron chi connectivity index (χ0n) is 16.1. The lowest BCUT2D eigenvalue weighted by Gasteiger charge is -2.14. The van der Waals surface area contributed by atoms with E-state index < -0.39 is 0 Å². The number of hydrogen-bond donors (Lipinski definition) is 1. The van der Waals surface area contributed by atoms with Gasteiger partial charge in [0.25, 0.3) is 5.91 Å². The molecule has 3 rings (SSSR count). The molecule has 0 saturated heterocycles. The van der Waals surface area contributed by atoms with Crippen LogP contribution in [0.4, 0.5) is 0 Å². The van der Waals surface area contributed by atoms with Gasteiger partial charge in [-0.2, -0.15) is 0 Å². The predicted molar refractivity (Wildman–Crippen MR) is 111 cm³/mol. The summed E-state index contributed by atoms with van der Waals surface area (Å²) in [7, 11) is 1.63. The lowest BCUT2D eigenvalue weighted by molar-refractivity contribution is 0.0905. The van der Waals surface area contributed by atoms with E-state index in [1.54, 1.807) is 18.4 Å². The number of aromatic nitrogens is 1. The Morgan fingerprint density at radius 1 is 1.11 bits per heavy atom. The molecule has 0 radical (unpaired) electrons. The van der Waals surface area contributed by atoms with E-state index in [1.807, 2.05) is 31.5 Å². The molecule has 4 nitrogen and oxygen atoms in total. The number of nitrogens with zero attached hydrogens (tertiary/aromatic N) is 1. The molecule has 140 valence electrons. The van der Waals surface area contributed by atoms with E-state index in [9.17, 15) is 4.79 Å². The van der Waals surface area contributed by atoms with Crippen LogP contribution in [0.2, 0.25) is 0 Å². The van der Waals surface area contributed by atoms with Gasteiger partial charge in [-0.3, -0.25) is 4.79 Å². The second-order valence-corrected chi connectivity index (χ2v) is 7.62. The van der Waals surface area contributed by atoms with Gasteiger partial charge in [0, 0.05) is 18.7 Å². The van der Waals surface area contributed by atoms with Crippen molar-refractivity contribution in [3.63, 3.8) is 0 Å². The topological polar surface area (TPSA) is 51.2 Å². The molecule has 2 aromatic carbocycles. The molecule has 5 heteroatoms. The Morgan fingerprint density at radius 2 is 1.81 bits per heavy atom. The Balaban J connectivity index is 2.04. The smallest absolute Gasteiger partial charge is 0.251 e. The SMILES string of the molecule is COCC(C)NC(=O)c1cc(-c2ccc(C)cc2)cc(-c2scnc2C)c1. The van der Waals surface area contributed by atoms with Crippen molar-refractivity contribution in [1.29, 1.82) is 0 Å². The predicted octanol–water partition coefficient (Wildman–Crippen LogP) is 4.86. The first-order valence-electron chi connectivity index (χ1n) is 8.90. The first kappa shape index (κ1) is 19.3.